The molecule has 2 aromatic carbocycles. The van der Waals surface area contributed by atoms with Crippen molar-refractivity contribution < 1.29 is 23.4 Å². The highest BCUT2D eigenvalue weighted by Crippen LogP contribution is 2.56. The number of alkyl halides is 3. The van der Waals surface area contributed by atoms with Gasteiger partial charge < -0.3 is 14.8 Å². The summed E-state index contributed by atoms with van der Waals surface area (Å²) < 4.78 is 44.2. The summed E-state index contributed by atoms with van der Waals surface area (Å²) in [7, 11) is 0. The van der Waals surface area contributed by atoms with E-state index in [4.69, 9.17) is 0 Å². The Hall–Kier alpha value is -2.57. The van der Waals surface area contributed by atoms with E-state index in [9.17, 15) is 23.4 Å². The molecule has 0 bridgehead atoms. The third-order valence-electron chi connectivity index (χ3n) is 5.44. The predicted molar refractivity (Wildman–Crippen MR) is 101 cm³/mol. The number of aromatic nitrogens is 1. The van der Waals surface area contributed by atoms with Crippen LogP contribution in [-0.2, 0) is 12.2 Å². The molecule has 1 aliphatic rings. The Morgan fingerprint density at radius 2 is 1.79 bits per heavy atom. The molecule has 3 nitrogen and oxygen atoms in total. The highest BCUT2D eigenvalue weighted by Gasteiger charge is 2.61. The number of aliphatic hydroxyl groups excluding tert-OH is 1. The molecular weight excluding hydrogens is 367 g/mol. The van der Waals surface area contributed by atoms with Crippen LogP contribution in [0.1, 0.15) is 36.6 Å². The molecule has 28 heavy (non-hydrogen) atoms. The molecule has 6 heteroatoms. The summed E-state index contributed by atoms with van der Waals surface area (Å²) in [6, 6.07) is 11.1. The van der Waals surface area contributed by atoms with E-state index in [1.54, 1.807) is 18.2 Å². The average Bonchev–Trinajstić information content (AvgIpc) is 3.24. The van der Waals surface area contributed by atoms with Crippen molar-refractivity contribution in [1.29, 1.82) is 0 Å². The molecule has 4 rings (SSSR count). The quantitative estimate of drug-likeness (QED) is 0.664. The van der Waals surface area contributed by atoms with Crippen LogP contribution in [0.5, 0.6) is 0 Å². The van der Waals surface area contributed by atoms with Gasteiger partial charge in [-0.2, -0.15) is 13.2 Å². The van der Waals surface area contributed by atoms with Crippen molar-refractivity contribution >= 4 is 0 Å². The summed E-state index contributed by atoms with van der Waals surface area (Å²) in [5, 5.41) is 20.5. The standard InChI is InChI=1S/C22H20F3NO2/c1-13(2)26-9-8-15(11-26)14-6-7-17-19(10-14)21(28,22(23,24)25)18-5-3-4-16(12-27)20(17)18/h3-11,13,27-28H,12H2,1-2H3. The Balaban J connectivity index is 1.96. The Labute approximate surface area is 160 Å². The van der Waals surface area contributed by atoms with Crippen molar-refractivity contribution in [3.05, 3.63) is 71.5 Å². The zero-order valence-electron chi connectivity index (χ0n) is 15.5. The zero-order chi connectivity index (χ0) is 20.3. The van der Waals surface area contributed by atoms with Crippen molar-refractivity contribution in [3.63, 3.8) is 0 Å². The molecule has 3 aromatic rings. The number of hydrogen-bond acceptors (Lipinski definition) is 2. The minimum atomic E-state index is -4.90. The van der Waals surface area contributed by atoms with Crippen LogP contribution in [0.15, 0.2) is 54.9 Å². The van der Waals surface area contributed by atoms with Crippen LogP contribution in [0.25, 0.3) is 22.3 Å². The smallest absolute Gasteiger partial charge is 0.392 e. The molecule has 1 atom stereocenters. The van der Waals surface area contributed by atoms with E-state index in [0.717, 1.165) is 5.56 Å². The SMILES string of the molecule is CC(C)n1ccc(-c2ccc3c(c2)C(O)(C(F)(F)F)c2cccc(CO)c2-3)c1. The molecule has 1 unspecified atom stereocenters. The first-order valence-electron chi connectivity index (χ1n) is 9.03. The maximum atomic E-state index is 14.1. The summed E-state index contributed by atoms with van der Waals surface area (Å²) in [6.45, 7) is 3.62. The Morgan fingerprint density at radius 3 is 2.39 bits per heavy atom. The number of benzene rings is 2. The van der Waals surface area contributed by atoms with Gasteiger partial charge in [0.05, 0.1) is 6.61 Å². The summed E-state index contributed by atoms with van der Waals surface area (Å²) in [4.78, 5) is 0. The molecule has 1 heterocycles. The Bertz CT molecular complexity index is 1050. The first kappa shape index (κ1) is 18.8. The predicted octanol–water partition coefficient (Wildman–Crippen LogP) is 5.01. The number of rotatable bonds is 3. The van der Waals surface area contributed by atoms with Gasteiger partial charge in [-0.05, 0) is 53.8 Å². The van der Waals surface area contributed by atoms with Gasteiger partial charge in [-0.25, -0.2) is 0 Å². The van der Waals surface area contributed by atoms with Gasteiger partial charge in [-0.1, -0.05) is 30.3 Å². The summed E-state index contributed by atoms with van der Waals surface area (Å²) >= 11 is 0. The Kier molecular flexibility index (Phi) is 4.17. The maximum absolute atomic E-state index is 14.1. The van der Waals surface area contributed by atoms with Crippen LogP contribution < -0.4 is 0 Å². The molecule has 1 aliphatic carbocycles. The molecule has 0 spiro atoms. The van der Waals surface area contributed by atoms with Crippen LogP contribution in [0, 0.1) is 0 Å². The normalized spacial score (nSPS) is 18.4. The number of hydrogen-bond donors (Lipinski definition) is 2. The summed E-state index contributed by atoms with van der Waals surface area (Å²) in [6.07, 6.45) is -1.15. The van der Waals surface area contributed by atoms with Crippen molar-refractivity contribution in [2.75, 3.05) is 0 Å². The van der Waals surface area contributed by atoms with Gasteiger partial charge in [0.15, 0.2) is 0 Å². The van der Waals surface area contributed by atoms with Gasteiger partial charge >= 0.3 is 6.18 Å². The molecule has 0 aliphatic heterocycles. The minimum absolute atomic E-state index is 0.203. The van der Waals surface area contributed by atoms with Gasteiger partial charge in [-0.15, -0.1) is 0 Å². The van der Waals surface area contributed by atoms with Gasteiger partial charge in [-0.3, -0.25) is 0 Å². The van der Waals surface area contributed by atoms with Crippen molar-refractivity contribution in [2.24, 2.45) is 0 Å². The lowest BCUT2D eigenvalue weighted by Crippen LogP contribution is -2.41. The lowest BCUT2D eigenvalue weighted by Gasteiger charge is -2.28. The fourth-order valence-corrected chi connectivity index (χ4v) is 3.95. The lowest BCUT2D eigenvalue weighted by molar-refractivity contribution is -0.246. The summed E-state index contributed by atoms with van der Waals surface area (Å²) in [5.74, 6) is 0. The number of fused-ring (bicyclic) bond motifs is 3. The van der Waals surface area contributed by atoms with E-state index in [0.29, 0.717) is 16.7 Å². The number of nitrogens with zero attached hydrogens (tertiary/aromatic N) is 1. The molecule has 0 amide bonds. The molecule has 2 N–H and O–H groups in total. The van der Waals surface area contributed by atoms with Gasteiger partial charge in [0.1, 0.15) is 0 Å². The second-order valence-corrected chi connectivity index (χ2v) is 7.41. The molecule has 146 valence electrons. The monoisotopic (exact) mass is 387 g/mol. The van der Waals surface area contributed by atoms with Crippen molar-refractivity contribution in [3.8, 4) is 22.3 Å². The van der Waals surface area contributed by atoms with E-state index in [1.165, 1.54) is 18.2 Å². The average molecular weight is 387 g/mol. The third-order valence-corrected chi connectivity index (χ3v) is 5.44. The first-order valence-corrected chi connectivity index (χ1v) is 9.03. The summed E-state index contributed by atoms with van der Waals surface area (Å²) in [5.41, 5.74) is -1.27. The van der Waals surface area contributed by atoms with Gasteiger partial charge in [0.25, 0.3) is 0 Å². The van der Waals surface area contributed by atoms with Crippen LogP contribution in [-0.4, -0.2) is 21.0 Å². The minimum Gasteiger partial charge on any atom is -0.392 e. The van der Waals surface area contributed by atoms with Crippen molar-refractivity contribution in [1.82, 2.24) is 4.57 Å². The molecule has 0 saturated carbocycles. The topological polar surface area (TPSA) is 45.4 Å². The highest BCUT2D eigenvalue weighted by atomic mass is 19.4. The largest absolute Gasteiger partial charge is 0.425 e. The molecule has 0 fully saturated rings. The fraction of sp³-hybridized carbons (Fsp3) is 0.273. The van der Waals surface area contributed by atoms with Crippen LogP contribution in [0.2, 0.25) is 0 Å². The van der Waals surface area contributed by atoms with E-state index < -0.39 is 18.4 Å². The number of aliphatic hydroxyl groups is 2. The molecule has 1 aromatic heterocycles. The first-order chi connectivity index (χ1) is 13.2. The van der Waals surface area contributed by atoms with Crippen LogP contribution in [0.3, 0.4) is 0 Å². The van der Waals surface area contributed by atoms with E-state index in [2.05, 4.69) is 0 Å². The van der Waals surface area contributed by atoms with Gasteiger partial charge in [0, 0.05) is 29.6 Å². The fourth-order valence-electron chi connectivity index (χ4n) is 3.95. The second-order valence-electron chi connectivity index (χ2n) is 7.41. The molecule has 0 saturated heterocycles. The van der Waals surface area contributed by atoms with Crippen LogP contribution in [0.4, 0.5) is 13.2 Å². The van der Waals surface area contributed by atoms with Crippen molar-refractivity contribution in [2.45, 2.75) is 38.3 Å². The van der Waals surface area contributed by atoms with E-state index >= 15 is 0 Å². The highest BCUT2D eigenvalue weighted by molar-refractivity contribution is 5.85. The van der Waals surface area contributed by atoms with Crippen LogP contribution >= 0.6 is 0 Å². The molecule has 0 radical (unpaired) electrons. The third kappa shape index (κ3) is 2.52. The maximum Gasteiger partial charge on any atom is 0.425 e. The second kappa shape index (κ2) is 6.22. The molecular formula is C22H20F3NO2. The number of halogens is 3. The Morgan fingerprint density at radius 1 is 1.04 bits per heavy atom. The van der Waals surface area contributed by atoms with Gasteiger partial charge in [0.2, 0.25) is 5.60 Å². The lowest BCUT2D eigenvalue weighted by atomic mass is 9.89. The van der Waals surface area contributed by atoms with E-state index in [-0.39, 0.29) is 22.7 Å². The van der Waals surface area contributed by atoms with E-state index in [1.807, 2.05) is 36.9 Å². The zero-order valence-corrected chi connectivity index (χ0v) is 15.5.